The maximum Gasteiger partial charge on any atom is 0.220 e. The highest BCUT2D eigenvalue weighted by molar-refractivity contribution is 6.80. The first kappa shape index (κ1) is 24.4. The molecule has 5 heteroatoms. The second-order valence-corrected chi connectivity index (χ2v) is 21.1. The van der Waals surface area contributed by atoms with Crippen molar-refractivity contribution >= 4 is 22.5 Å². The molecule has 1 amide bonds. The van der Waals surface area contributed by atoms with Gasteiger partial charge in [0.05, 0.1) is 18.6 Å². The lowest BCUT2D eigenvalue weighted by atomic mass is 9.91. The number of amides is 1. The summed E-state index contributed by atoms with van der Waals surface area (Å²) in [6.45, 7) is 27.6. The number of β-lactam (4-membered cyclic amide) rings is 1. The van der Waals surface area contributed by atoms with Crippen LogP contribution in [-0.4, -0.2) is 39.7 Å². The number of hydrogen-bond donors (Lipinski definition) is 0. The highest BCUT2D eigenvalue weighted by atomic mass is 28.4. The van der Waals surface area contributed by atoms with Crippen LogP contribution >= 0.6 is 0 Å². The molecule has 0 unspecified atom stereocenters. The van der Waals surface area contributed by atoms with E-state index in [1.54, 1.807) is 0 Å². The van der Waals surface area contributed by atoms with Crippen LogP contribution in [0.2, 0.25) is 36.3 Å². The molecule has 0 aromatic carbocycles. The van der Waals surface area contributed by atoms with Crippen molar-refractivity contribution < 1.29 is 9.22 Å². The zero-order valence-electron chi connectivity index (χ0n) is 19.9. The highest BCUT2D eigenvalue weighted by Gasteiger charge is 2.54. The van der Waals surface area contributed by atoms with Crippen molar-refractivity contribution in [2.24, 2.45) is 5.92 Å². The summed E-state index contributed by atoms with van der Waals surface area (Å²) < 4.78 is 8.42. The molecule has 27 heavy (non-hydrogen) atoms. The van der Waals surface area contributed by atoms with E-state index in [0.29, 0.717) is 12.5 Å². The lowest BCUT2D eigenvalue weighted by Crippen LogP contribution is -2.71. The van der Waals surface area contributed by atoms with Crippen LogP contribution in [0, 0.1) is 5.92 Å². The van der Waals surface area contributed by atoms with E-state index in [1.165, 1.54) is 5.57 Å². The molecule has 0 saturated carbocycles. The molecule has 0 radical (unpaired) electrons. The minimum atomic E-state index is -1.84. The van der Waals surface area contributed by atoms with Crippen LogP contribution in [0.1, 0.15) is 55.4 Å². The third-order valence-corrected chi connectivity index (χ3v) is 16.9. The first-order valence-electron chi connectivity index (χ1n) is 10.3. The van der Waals surface area contributed by atoms with E-state index >= 15 is 0 Å². The molecular formula is C22H43NO2Si2. The quantitative estimate of drug-likeness (QED) is 0.290. The lowest BCUT2D eigenvalue weighted by molar-refractivity contribution is -0.144. The number of carbonyl (C=O) groups is 1. The van der Waals surface area contributed by atoms with Gasteiger partial charge in [0.25, 0.3) is 0 Å². The molecule has 1 rings (SSSR count). The fourth-order valence-electron chi connectivity index (χ4n) is 2.91. The molecule has 0 N–H and O–H groups in total. The van der Waals surface area contributed by atoms with Gasteiger partial charge in [-0.15, -0.1) is 0 Å². The average Bonchev–Trinajstić information content (AvgIpc) is 2.48. The molecule has 156 valence electrons. The van der Waals surface area contributed by atoms with Crippen molar-refractivity contribution in [1.82, 2.24) is 4.57 Å². The number of allylic oxidation sites excluding steroid dienone is 2. The molecule has 0 bridgehead atoms. The van der Waals surface area contributed by atoms with E-state index in [0.717, 1.165) is 0 Å². The molecule has 0 spiro atoms. The van der Waals surface area contributed by atoms with Crippen LogP contribution in [0.5, 0.6) is 0 Å². The summed E-state index contributed by atoms with van der Waals surface area (Å²) in [7, 11) is -3.54. The Bertz CT molecular complexity index is 607. The predicted molar refractivity (Wildman–Crippen MR) is 123 cm³/mol. The maximum absolute atomic E-state index is 12.6. The van der Waals surface area contributed by atoms with E-state index < -0.39 is 16.6 Å². The Hall–Kier alpha value is -0.656. The number of nitrogens with zero attached hydrogens (tertiary/aromatic N) is 1. The zero-order chi connectivity index (χ0) is 21.4. The topological polar surface area (TPSA) is 29.5 Å². The van der Waals surface area contributed by atoms with Crippen LogP contribution in [0.25, 0.3) is 0 Å². The largest absolute Gasteiger partial charge is 0.413 e. The summed E-state index contributed by atoms with van der Waals surface area (Å²) in [4.78, 5) is 12.6. The van der Waals surface area contributed by atoms with Crippen molar-refractivity contribution in [3.63, 3.8) is 0 Å². The van der Waals surface area contributed by atoms with Crippen molar-refractivity contribution in [1.29, 1.82) is 0 Å². The van der Waals surface area contributed by atoms with Gasteiger partial charge in [0.2, 0.25) is 5.91 Å². The molecule has 0 aromatic heterocycles. The van der Waals surface area contributed by atoms with Gasteiger partial charge in [-0.2, -0.15) is 0 Å². The smallest absolute Gasteiger partial charge is 0.220 e. The SMILES string of the molecule is CC(/C=C/CO[Si](C)(C)C(C)(C)C)=C\[C@@H]1[C@@H](C)C(=O)N1[Si](C)(C)C(C)(C)C. The summed E-state index contributed by atoms with van der Waals surface area (Å²) in [6.07, 6.45) is 6.54. The molecular weight excluding hydrogens is 366 g/mol. The minimum Gasteiger partial charge on any atom is -0.413 e. The standard InChI is InChI=1S/C22H43NO2Si2/c1-17(14-13-15-25-27(11,12)22(6,7)8)16-19-18(2)20(24)23(19)26(9,10)21(3,4)5/h13-14,16,18-19H,15H2,1-12H3/b14-13+,17-16+/t18-,19-/m1/s1. The normalized spacial score (nSPS) is 23.2. The van der Waals surface area contributed by atoms with Crippen molar-refractivity contribution in [2.75, 3.05) is 6.61 Å². The molecule has 3 nitrogen and oxygen atoms in total. The molecule has 0 aromatic rings. The fraction of sp³-hybridized carbons (Fsp3) is 0.773. The van der Waals surface area contributed by atoms with Crippen LogP contribution in [0.4, 0.5) is 0 Å². The Kier molecular flexibility index (Phi) is 7.22. The van der Waals surface area contributed by atoms with Crippen LogP contribution < -0.4 is 0 Å². The van der Waals surface area contributed by atoms with Gasteiger partial charge < -0.3 is 8.99 Å². The van der Waals surface area contributed by atoms with Crippen molar-refractivity contribution in [2.45, 2.75) is 97.7 Å². The summed E-state index contributed by atoms with van der Waals surface area (Å²) in [5.74, 6) is 0.409. The molecule has 1 saturated heterocycles. The lowest BCUT2D eigenvalue weighted by Gasteiger charge is -2.57. The van der Waals surface area contributed by atoms with E-state index in [-0.39, 0.29) is 22.0 Å². The van der Waals surface area contributed by atoms with Gasteiger partial charge in [0.1, 0.15) is 0 Å². The number of hydrogen-bond acceptors (Lipinski definition) is 2. The van der Waals surface area contributed by atoms with E-state index in [9.17, 15) is 4.79 Å². The van der Waals surface area contributed by atoms with Gasteiger partial charge in [-0.05, 0) is 30.1 Å². The zero-order valence-corrected chi connectivity index (χ0v) is 21.9. The molecule has 2 atom stereocenters. The average molecular weight is 410 g/mol. The molecule has 1 fully saturated rings. The van der Waals surface area contributed by atoms with Gasteiger partial charge in [0.15, 0.2) is 16.6 Å². The van der Waals surface area contributed by atoms with Gasteiger partial charge in [-0.1, -0.05) is 85.4 Å². The first-order valence-corrected chi connectivity index (χ1v) is 16.1. The van der Waals surface area contributed by atoms with E-state index in [4.69, 9.17) is 4.43 Å². The summed E-state index contributed by atoms with van der Waals surface area (Å²) in [5.41, 5.74) is 1.21. The molecule has 1 heterocycles. The molecule has 1 aliphatic rings. The number of rotatable bonds is 6. The third kappa shape index (κ3) is 5.24. The summed E-state index contributed by atoms with van der Waals surface area (Å²) in [6, 6.07) is 0.226. The summed E-state index contributed by atoms with van der Waals surface area (Å²) >= 11 is 0. The fourth-order valence-corrected chi connectivity index (χ4v) is 6.38. The van der Waals surface area contributed by atoms with E-state index in [2.05, 4.69) is 104 Å². The Balaban J connectivity index is 2.82. The van der Waals surface area contributed by atoms with Crippen LogP contribution in [0.3, 0.4) is 0 Å². The predicted octanol–water partition coefficient (Wildman–Crippen LogP) is 6.36. The maximum atomic E-state index is 12.6. The van der Waals surface area contributed by atoms with Crippen LogP contribution in [0.15, 0.2) is 23.8 Å². The second kappa shape index (κ2) is 7.99. The van der Waals surface area contributed by atoms with Crippen LogP contribution in [-0.2, 0) is 9.22 Å². The Labute approximate surface area is 170 Å². The first-order chi connectivity index (χ1) is 11.9. The van der Waals surface area contributed by atoms with E-state index in [1.807, 2.05) is 0 Å². The Morgan fingerprint density at radius 3 is 2.04 bits per heavy atom. The van der Waals surface area contributed by atoms with Gasteiger partial charge >= 0.3 is 0 Å². The second-order valence-electron chi connectivity index (χ2n) is 11.2. The minimum absolute atomic E-state index is 0.0888. The van der Waals surface area contributed by atoms with Gasteiger partial charge in [0, 0.05) is 0 Å². The molecule has 0 aliphatic carbocycles. The monoisotopic (exact) mass is 409 g/mol. The Morgan fingerprint density at radius 2 is 1.59 bits per heavy atom. The number of carbonyl (C=O) groups excluding carboxylic acids is 1. The van der Waals surface area contributed by atoms with Gasteiger partial charge in [-0.3, -0.25) is 4.79 Å². The van der Waals surface area contributed by atoms with Gasteiger partial charge in [-0.25, -0.2) is 0 Å². The van der Waals surface area contributed by atoms with Crippen molar-refractivity contribution in [3.8, 4) is 0 Å². The highest BCUT2D eigenvalue weighted by Crippen LogP contribution is 2.45. The summed E-state index contributed by atoms with van der Waals surface area (Å²) in [5, 5.41) is 0.396. The van der Waals surface area contributed by atoms with Crippen molar-refractivity contribution in [3.05, 3.63) is 23.8 Å². The third-order valence-electron chi connectivity index (χ3n) is 7.04. The molecule has 1 aliphatic heterocycles. The Morgan fingerprint density at radius 1 is 1.07 bits per heavy atom.